The van der Waals surface area contributed by atoms with Crippen LogP contribution in [0.2, 0.25) is 0 Å². The molecule has 0 amide bonds. The van der Waals surface area contributed by atoms with Crippen LogP contribution in [0.15, 0.2) is 40.2 Å². The predicted molar refractivity (Wildman–Crippen MR) is 67.5 cm³/mol. The molecule has 0 spiro atoms. The molecule has 0 radical (unpaired) electrons. The Balaban J connectivity index is 2.40. The van der Waals surface area contributed by atoms with Gasteiger partial charge in [-0.25, -0.2) is 4.79 Å². The zero-order chi connectivity index (χ0) is 12.4. The summed E-state index contributed by atoms with van der Waals surface area (Å²) >= 11 is 1.52. The summed E-state index contributed by atoms with van der Waals surface area (Å²) in [6.45, 7) is 2.00. The van der Waals surface area contributed by atoms with E-state index in [0.717, 1.165) is 10.8 Å². The van der Waals surface area contributed by atoms with E-state index in [1.54, 1.807) is 19.2 Å². The number of aromatic nitrogens is 1. The monoisotopic (exact) mass is 249 g/mol. The van der Waals surface area contributed by atoms with Crippen molar-refractivity contribution in [3.8, 4) is 0 Å². The Morgan fingerprint density at radius 2 is 2.29 bits per heavy atom. The number of carboxylic acids is 1. The molecule has 0 aliphatic carbocycles. The number of hydrogen-bond acceptors (Lipinski definition) is 3. The molecule has 0 atom stereocenters. The van der Waals surface area contributed by atoms with Crippen LogP contribution in [0.5, 0.6) is 0 Å². The smallest absolute Gasteiger partial charge is 0.328 e. The highest BCUT2D eigenvalue weighted by molar-refractivity contribution is 7.17. The third kappa shape index (κ3) is 2.45. The van der Waals surface area contributed by atoms with Gasteiger partial charge in [0.2, 0.25) is 0 Å². The Morgan fingerprint density at radius 3 is 3.00 bits per heavy atom. The van der Waals surface area contributed by atoms with Gasteiger partial charge in [-0.15, -0.1) is 11.3 Å². The fourth-order valence-electron chi connectivity index (χ4n) is 1.66. The van der Waals surface area contributed by atoms with Gasteiger partial charge in [-0.05, 0) is 30.0 Å². The number of thiophene rings is 1. The molecule has 88 valence electrons. The average Bonchev–Trinajstić information content (AvgIpc) is 2.69. The van der Waals surface area contributed by atoms with E-state index in [1.807, 2.05) is 11.4 Å². The van der Waals surface area contributed by atoms with Crippen molar-refractivity contribution in [1.29, 1.82) is 0 Å². The van der Waals surface area contributed by atoms with Crippen molar-refractivity contribution in [2.24, 2.45) is 0 Å². The lowest BCUT2D eigenvalue weighted by molar-refractivity contribution is -0.131. The molecule has 0 saturated carbocycles. The van der Waals surface area contributed by atoms with Crippen LogP contribution in [-0.2, 0) is 11.3 Å². The first-order valence-electron chi connectivity index (χ1n) is 5.04. The normalized spacial score (nSPS) is 11.9. The van der Waals surface area contributed by atoms with Crippen molar-refractivity contribution in [3.05, 3.63) is 45.7 Å². The fourth-order valence-corrected chi connectivity index (χ4v) is 2.43. The maximum Gasteiger partial charge on any atom is 0.328 e. The van der Waals surface area contributed by atoms with Gasteiger partial charge in [0.05, 0.1) is 5.39 Å². The van der Waals surface area contributed by atoms with Gasteiger partial charge < -0.3 is 9.67 Å². The summed E-state index contributed by atoms with van der Waals surface area (Å²) in [7, 11) is 0. The summed E-state index contributed by atoms with van der Waals surface area (Å²) in [5, 5.41) is 11.2. The number of pyridine rings is 1. The molecule has 0 bridgehead atoms. The molecule has 2 heterocycles. The van der Waals surface area contributed by atoms with Crippen LogP contribution in [0.25, 0.3) is 10.1 Å². The van der Waals surface area contributed by atoms with Crippen molar-refractivity contribution in [3.63, 3.8) is 0 Å². The summed E-state index contributed by atoms with van der Waals surface area (Å²) in [5.74, 6) is -0.993. The van der Waals surface area contributed by atoms with Gasteiger partial charge in [-0.3, -0.25) is 4.79 Å². The van der Waals surface area contributed by atoms with Crippen molar-refractivity contribution >= 4 is 27.4 Å². The van der Waals surface area contributed by atoms with E-state index in [1.165, 1.54) is 15.9 Å². The summed E-state index contributed by atoms with van der Waals surface area (Å²) < 4.78 is 2.47. The first-order valence-corrected chi connectivity index (χ1v) is 5.92. The molecule has 2 aromatic rings. The maximum absolute atomic E-state index is 12.0. The molecule has 0 fully saturated rings. The molecule has 0 aromatic carbocycles. The molecule has 0 saturated heterocycles. The summed E-state index contributed by atoms with van der Waals surface area (Å²) in [5.41, 5.74) is 0.552. The average molecular weight is 249 g/mol. The number of carboxylic acid groups (broad SMARTS) is 1. The highest BCUT2D eigenvalue weighted by atomic mass is 32.1. The SMILES string of the molecule is C/C(=C/C(=O)O)Cn1ccc2sccc2c1=O. The molecule has 2 rings (SSSR count). The fraction of sp³-hybridized carbons (Fsp3) is 0.167. The Morgan fingerprint density at radius 1 is 1.53 bits per heavy atom. The zero-order valence-electron chi connectivity index (χ0n) is 9.21. The molecule has 1 N–H and O–H groups in total. The summed E-state index contributed by atoms with van der Waals surface area (Å²) in [6, 6.07) is 3.66. The van der Waals surface area contributed by atoms with Crippen LogP contribution in [-0.4, -0.2) is 15.6 Å². The van der Waals surface area contributed by atoms with Crippen molar-refractivity contribution < 1.29 is 9.90 Å². The molecular formula is C12H11NO3S. The van der Waals surface area contributed by atoms with Gasteiger partial charge in [0.25, 0.3) is 5.56 Å². The number of hydrogen-bond donors (Lipinski definition) is 1. The van der Waals surface area contributed by atoms with Gasteiger partial charge in [-0.2, -0.15) is 0 Å². The molecule has 0 aliphatic rings. The maximum atomic E-state index is 12.0. The lowest BCUT2D eigenvalue weighted by atomic mass is 10.2. The number of aliphatic carboxylic acids is 1. The van der Waals surface area contributed by atoms with E-state index in [9.17, 15) is 9.59 Å². The van der Waals surface area contributed by atoms with Gasteiger partial charge >= 0.3 is 5.97 Å². The van der Waals surface area contributed by atoms with Crippen LogP contribution in [0.1, 0.15) is 6.92 Å². The number of fused-ring (bicyclic) bond motifs is 1. The van der Waals surface area contributed by atoms with Crippen molar-refractivity contribution in [2.75, 3.05) is 0 Å². The standard InChI is InChI=1S/C12H11NO3S/c1-8(6-11(14)15)7-13-4-2-10-9(12(13)16)3-5-17-10/h2-6H,7H2,1H3,(H,14,15)/b8-6-. The van der Waals surface area contributed by atoms with Crippen molar-refractivity contribution in [2.45, 2.75) is 13.5 Å². The van der Waals surface area contributed by atoms with E-state index >= 15 is 0 Å². The summed E-state index contributed by atoms with van der Waals surface area (Å²) in [6.07, 6.45) is 2.81. The number of carbonyl (C=O) groups is 1. The largest absolute Gasteiger partial charge is 0.478 e. The van der Waals surface area contributed by atoms with Crippen LogP contribution in [0, 0.1) is 0 Å². The van der Waals surface area contributed by atoms with Gasteiger partial charge in [0.15, 0.2) is 0 Å². The molecule has 2 aromatic heterocycles. The van der Waals surface area contributed by atoms with E-state index in [0.29, 0.717) is 17.5 Å². The number of allylic oxidation sites excluding steroid dienone is 1. The third-order valence-corrected chi connectivity index (χ3v) is 3.26. The Bertz CT molecular complexity index is 651. The van der Waals surface area contributed by atoms with E-state index < -0.39 is 5.97 Å². The quantitative estimate of drug-likeness (QED) is 0.847. The second-order valence-corrected chi connectivity index (χ2v) is 4.72. The van der Waals surface area contributed by atoms with Gasteiger partial charge in [-0.1, -0.05) is 0 Å². The predicted octanol–water partition coefficient (Wildman–Crippen LogP) is 2.09. The Kier molecular flexibility index (Phi) is 3.10. The number of nitrogens with zero attached hydrogens (tertiary/aromatic N) is 1. The third-order valence-electron chi connectivity index (χ3n) is 2.38. The summed E-state index contributed by atoms with van der Waals surface area (Å²) in [4.78, 5) is 22.5. The van der Waals surface area contributed by atoms with Crippen molar-refractivity contribution in [1.82, 2.24) is 4.57 Å². The van der Waals surface area contributed by atoms with E-state index in [-0.39, 0.29) is 5.56 Å². The van der Waals surface area contributed by atoms with E-state index in [2.05, 4.69) is 0 Å². The molecule has 17 heavy (non-hydrogen) atoms. The van der Waals surface area contributed by atoms with Gasteiger partial charge in [0, 0.05) is 23.5 Å². The minimum Gasteiger partial charge on any atom is -0.478 e. The van der Waals surface area contributed by atoms with E-state index in [4.69, 9.17) is 5.11 Å². The van der Waals surface area contributed by atoms with Crippen LogP contribution in [0.3, 0.4) is 0 Å². The molecule has 0 aliphatic heterocycles. The topological polar surface area (TPSA) is 59.3 Å². The van der Waals surface area contributed by atoms with Crippen LogP contribution >= 0.6 is 11.3 Å². The minimum atomic E-state index is -0.993. The Hall–Kier alpha value is -1.88. The van der Waals surface area contributed by atoms with Crippen LogP contribution < -0.4 is 5.56 Å². The molecular weight excluding hydrogens is 238 g/mol. The Labute approximate surface area is 101 Å². The first-order chi connectivity index (χ1) is 8.08. The second-order valence-electron chi connectivity index (χ2n) is 3.78. The van der Waals surface area contributed by atoms with Gasteiger partial charge in [0.1, 0.15) is 0 Å². The molecule has 5 heteroatoms. The first kappa shape index (κ1) is 11.6. The highest BCUT2D eigenvalue weighted by Gasteiger charge is 2.04. The molecule has 4 nitrogen and oxygen atoms in total. The zero-order valence-corrected chi connectivity index (χ0v) is 10.0. The lowest BCUT2D eigenvalue weighted by Crippen LogP contribution is -2.19. The van der Waals surface area contributed by atoms with Crippen LogP contribution in [0.4, 0.5) is 0 Å². The number of rotatable bonds is 3. The second kappa shape index (κ2) is 4.55. The molecule has 0 unspecified atom stereocenters. The highest BCUT2D eigenvalue weighted by Crippen LogP contribution is 2.16. The lowest BCUT2D eigenvalue weighted by Gasteiger charge is -2.05. The minimum absolute atomic E-state index is 0.0816.